The third-order valence-corrected chi connectivity index (χ3v) is 10.8. The van der Waals surface area contributed by atoms with Gasteiger partial charge in [-0.05, 0) is 76.4 Å². The van der Waals surface area contributed by atoms with Crippen molar-refractivity contribution in [3.63, 3.8) is 0 Å². The molecule has 0 amide bonds. The van der Waals surface area contributed by atoms with Crippen LogP contribution in [0, 0.1) is 39.4 Å². The molecular formula is C30H42O7. The second-order valence-electron chi connectivity index (χ2n) is 13.9. The molecule has 0 bridgehead atoms. The zero-order chi connectivity index (χ0) is 28.1. The van der Waals surface area contributed by atoms with E-state index in [9.17, 15) is 34.8 Å². The van der Waals surface area contributed by atoms with Crippen LogP contribution in [0.1, 0.15) is 74.7 Å². The zero-order valence-corrected chi connectivity index (χ0v) is 23.3. The molecule has 204 valence electrons. The summed E-state index contributed by atoms with van der Waals surface area (Å²) in [5.74, 6) is -2.98. The van der Waals surface area contributed by atoms with Crippen molar-refractivity contribution >= 4 is 17.3 Å². The Morgan fingerprint density at radius 2 is 1.65 bits per heavy atom. The molecule has 8 atom stereocenters. The summed E-state index contributed by atoms with van der Waals surface area (Å²) in [4.78, 5) is 40.1. The Bertz CT molecular complexity index is 1150. The predicted octanol–water partition coefficient (Wildman–Crippen LogP) is 3.62. The van der Waals surface area contributed by atoms with Crippen LogP contribution in [0.25, 0.3) is 0 Å². The van der Waals surface area contributed by atoms with Gasteiger partial charge < -0.3 is 20.4 Å². The third kappa shape index (κ3) is 3.60. The maximum absolute atomic E-state index is 14.2. The average Bonchev–Trinajstić information content (AvgIpc) is 2.96. The fourth-order valence-electron chi connectivity index (χ4n) is 8.58. The third-order valence-electron chi connectivity index (χ3n) is 10.8. The number of carbonyl (C=O) groups excluding carboxylic acids is 3. The van der Waals surface area contributed by atoms with Crippen molar-refractivity contribution in [2.45, 2.75) is 92.0 Å². The highest BCUT2D eigenvalue weighted by atomic mass is 16.3. The minimum atomic E-state index is -1.96. The lowest BCUT2D eigenvalue weighted by Crippen LogP contribution is -2.64. The van der Waals surface area contributed by atoms with Gasteiger partial charge in [0.05, 0.1) is 17.1 Å². The minimum Gasteiger partial charge on any atom is -0.505 e. The molecule has 4 aliphatic carbocycles. The normalized spacial score (nSPS) is 42.9. The van der Waals surface area contributed by atoms with E-state index in [2.05, 4.69) is 0 Å². The van der Waals surface area contributed by atoms with Crippen molar-refractivity contribution in [1.82, 2.24) is 0 Å². The topological polar surface area (TPSA) is 132 Å². The first kappa shape index (κ1) is 27.9. The molecular weight excluding hydrogens is 472 g/mol. The van der Waals surface area contributed by atoms with E-state index in [0.717, 1.165) is 11.6 Å². The molecule has 0 radical (unpaired) electrons. The highest BCUT2D eigenvalue weighted by Gasteiger charge is 2.74. The number of fused-ring (bicyclic) bond motifs is 5. The Morgan fingerprint density at radius 3 is 2.22 bits per heavy atom. The van der Waals surface area contributed by atoms with Crippen LogP contribution < -0.4 is 0 Å². The van der Waals surface area contributed by atoms with Gasteiger partial charge in [-0.15, -0.1) is 0 Å². The summed E-state index contributed by atoms with van der Waals surface area (Å²) in [6, 6.07) is 0. The quantitative estimate of drug-likeness (QED) is 0.333. The lowest BCUT2D eigenvalue weighted by atomic mass is 9.39. The van der Waals surface area contributed by atoms with E-state index in [1.807, 2.05) is 26.8 Å². The average molecular weight is 515 g/mol. The maximum Gasteiger partial charge on any atom is 0.206 e. The largest absolute Gasteiger partial charge is 0.505 e. The second-order valence-corrected chi connectivity index (χ2v) is 13.9. The van der Waals surface area contributed by atoms with Crippen LogP contribution in [-0.2, 0) is 14.4 Å². The summed E-state index contributed by atoms with van der Waals surface area (Å²) in [7, 11) is 0. The molecule has 37 heavy (non-hydrogen) atoms. The first-order valence-corrected chi connectivity index (χ1v) is 13.2. The van der Waals surface area contributed by atoms with Gasteiger partial charge in [-0.1, -0.05) is 38.5 Å². The van der Waals surface area contributed by atoms with Crippen molar-refractivity contribution in [2.75, 3.05) is 0 Å². The van der Waals surface area contributed by atoms with Gasteiger partial charge in [0.25, 0.3) is 0 Å². The summed E-state index contributed by atoms with van der Waals surface area (Å²) in [6.45, 7) is 13.8. The molecule has 7 heteroatoms. The molecule has 4 N–H and O–H groups in total. The van der Waals surface area contributed by atoms with Crippen molar-refractivity contribution in [2.24, 2.45) is 39.4 Å². The summed E-state index contributed by atoms with van der Waals surface area (Å²) in [6.07, 6.45) is 5.85. The summed E-state index contributed by atoms with van der Waals surface area (Å²) in [5.41, 5.74) is -5.75. The Balaban J connectivity index is 1.82. The van der Waals surface area contributed by atoms with Crippen molar-refractivity contribution in [3.05, 3.63) is 35.6 Å². The number of hydrogen-bond donors (Lipinski definition) is 4. The molecule has 2 saturated carbocycles. The molecule has 4 aliphatic rings. The molecule has 0 saturated heterocycles. The number of ketones is 3. The number of Topliss-reactive ketones (excluding diaryl/α,β-unsaturated/α-hetero) is 2. The first-order chi connectivity index (χ1) is 16.7. The number of allylic oxidation sites excluding steroid dienone is 4. The zero-order valence-electron chi connectivity index (χ0n) is 23.3. The van der Waals surface area contributed by atoms with Crippen LogP contribution in [0.5, 0.6) is 0 Å². The van der Waals surface area contributed by atoms with Crippen LogP contribution >= 0.6 is 0 Å². The van der Waals surface area contributed by atoms with Gasteiger partial charge in [0, 0.05) is 23.7 Å². The van der Waals surface area contributed by atoms with Gasteiger partial charge in [-0.2, -0.15) is 0 Å². The summed E-state index contributed by atoms with van der Waals surface area (Å²) < 4.78 is 0. The van der Waals surface area contributed by atoms with E-state index in [1.165, 1.54) is 32.9 Å². The van der Waals surface area contributed by atoms with Crippen molar-refractivity contribution < 1.29 is 34.8 Å². The van der Waals surface area contributed by atoms with E-state index in [0.29, 0.717) is 12.8 Å². The van der Waals surface area contributed by atoms with Gasteiger partial charge in [0.1, 0.15) is 11.4 Å². The van der Waals surface area contributed by atoms with Gasteiger partial charge >= 0.3 is 0 Å². The molecule has 0 unspecified atom stereocenters. The number of carbonyl (C=O) groups is 3. The van der Waals surface area contributed by atoms with Crippen LogP contribution in [-0.4, -0.2) is 55.1 Å². The van der Waals surface area contributed by atoms with Gasteiger partial charge in [-0.3, -0.25) is 14.4 Å². The van der Waals surface area contributed by atoms with Crippen LogP contribution in [0.2, 0.25) is 0 Å². The van der Waals surface area contributed by atoms with E-state index < -0.39 is 56.6 Å². The van der Waals surface area contributed by atoms with E-state index in [1.54, 1.807) is 13.8 Å². The SMILES string of the molecule is CC(C)(O)/C=C/C(=O)[C@](C)(O)[C@H]1[C@H](O)C[C@@]2(C)[C@H]3CC=C4[C@@H](C=C(O)C(=O)C4(C)C)[C@]3(C)C(=O)C[C@]12C. The standard InChI is InChI=1S/C30H42O7/c1-25(2,36)12-11-21(33)30(8,37)23-19(32)14-27(5)20-10-9-16-17(13-18(31)24(35)26(16,3)4)29(20,7)22(34)15-28(23,27)6/h9,11-13,17,19-20,23,31-32,36-37H,10,14-15H2,1-8H3/b12-11+/t17-,19-,20-,23+,27+,28-,29+,30+/m1/s1. The van der Waals surface area contributed by atoms with Crippen LogP contribution in [0.15, 0.2) is 35.6 Å². The van der Waals surface area contributed by atoms with E-state index in [4.69, 9.17) is 0 Å². The predicted molar refractivity (Wildman–Crippen MR) is 138 cm³/mol. The molecule has 0 aliphatic heterocycles. The Labute approximate surface area is 219 Å². The molecule has 2 fully saturated rings. The van der Waals surface area contributed by atoms with Gasteiger partial charge in [0.2, 0.25) is 5.78 Å². The number of hydrogen-bond acceptors (Lipinski definition) is 7. The Kier molecular flexibility index (Phi) is 6.01. The molecule has 7 nitrogen and oxygen atoms in total. The Morgan fingerprint density at radius 1 is 1.05 bits per heavy atom. The van der Waals surface area contributed by atoms with E-state index >= 15 is 0 Å². The fourth-order valence-corrected chi connectivity index (χ4v) is 8.58. The first-order valence-electron chi connectivity index (χ1n) is 13.2. The van der Waals surface area contributed by atoms with Crippen LogP contribution in [0.4, 0.5) is 0 Å². The molecule has 0 aromatic heterocycles. The maximum atomic E-state index is 14.2. The van der Waals surface area contributed by atoms with Gasteiger partial charge in [0.15, 0.2) is 11.5 Å². The van der Waals surface area contributed by atoms with E-state index in [-0.39, 0.29) is 29.7 Å². The molecule has 0 heterocycles. The smallest absolute Gasteiger partial charge is 0.206 e. The molecule has 4 rings (SSSR count). The lowest BCUT2D eigenvalue weighted by molar-refractivity contribution is -0.179. The summed E-state index contributed by atoms with van der Waals surface area (Å²) in [5, 5.41) is 43.6. The lowest BCUT2D eigenvalue weighted by Gasteiger charge is -2.63. The second kappa shape index (κ2) is 7.96. The molecule has 0 aromatic carbocycles. The molecule has 0 aromatic rings. The van der Waals surface area contributed by atoms with Crippen LogP contribution in [0.3, 0.4) is 0 Å². The van der Waals surface area contributed by atoms with Gasteiger partial charge in [-0.25, -0.2) is 0 Å². The van der Waals surface area contributed by atoms with Crippen molar-refractivity contribution in [3.8, 4) is 0 Å². The summed E-state index contributed by atoms with van der Waals surface area (Å²) >= 11 is 0. The number of rotatable bonds is 4. The number of aliphatic hydroxyl groups is 4. The molecule has 0 spiro atoms. The monoisotopic (exact) mass is 514 g/mol. The minimum absolute atomic E-state index is 0.0453. The highest BCUT2D eigenvalue weighted by Crippen LogP contribution is 2.73. The van der Waals surface area contributed by atoms with Crippen molar-refractivity contribution in [1.29, 1.82) is 0 Å². The Hall–Kier alpha value is -2.09. The fraction of sp³-hybridized carbons (Fsp3) is 0.700. The number of aliphatic hydroxyl groups excluding tert-OH is 2. The highest BCUT2D eigenvalue weighted by molar-refractivity contribution is 6.02.